The highest BCUT2D eigenvalue weighted by Crippen LogP contribution is 2.20. The number of nitrogens with zero attached hydrogens (tertiary/aromatic N) is 2. The van der Waals surface area contributed by atoms with Crippen LogP contribution in [0.3, 0.4) is 0 Å². The van der Waals surface area contributed by atoms with Crippen LogP contribution in [0.2, 0.25) is 0 Å². The number of carbonyl (C=O) groups excluding carboxylic acids is 1. The van der Waals surface area contributed by atoms with Crippen molar-refractivity contribution >= 4 is 17.2 Å². The molecule has 0 atom stereocenters. The van der Waals surface area contributed by atoms with Gasteiger partial charge in [0.1, 0.15) is 4.88 Å². The molecule has 118 valence electrons. The third-order valence-corrected chi connectivity index (χ3v) is 4.72. The summed E-state index contributed by atoms with van der Waals surface area (Å²) >= 11 is 1.49. The summed E-state index contributed by atoms with van der Waals surface area (Å²) in [5.41, 5.74) is 2.03. The molecule has 22 heavy (non-hydrogen) atoms. The van der Waals surface area contributed by atoms with E-state index in [1.54, 1.807) is 0 Å². The molecule has 0 bridgehead atoms. The molecule has 0 aliphatic rings. The lowest BCUT2D eigenvalue weighted by Crippen LogP contribution is -2.32. The molecule has 1 aromatic carbocycles. The molecule has 2 aromatic rings. The molecule has 0 radical (unpaired) electrons. The average Bonchev–Trinajstić information content (AvgIpc) is 2.88. The zero-order chi connectivity index (χ0) is 15.9. The van der Waals surface area contributed by atoms with E-state index in [4.69, 9.17) is 0 Å². The van der Waals surface area contributed by atoms with Crippen molar-refractivity contribution in [2.75, 3.05) is 26.7 Å². The van der Waals surface area contributed by atoms with Crippen LogP contribution in [0.1, 0.15) is 32.9 Å². The first-order chi connectivity index (χ1) is 10.6. The van der Waals surface area contributed by atoms with Crippen LogP contribution in [-0.4, -0.2) is 42.5 Å². The van der Waals surface area contributed by atoms with Crippen molar-refractivity contribution in [2.45, 2.75) is 20.3 Å². The molecule has 1 heterocycles. The van der Waals surface area contributed by atoms with Gasteiger partial charge < -0.3 is 10.2 Å². The summed E-state index contributed by atoms with van der Waals surface area (Å²) in [6.45, 7) is 6.51. The second-order valence-electron chi connectivity index (χ2n) is 5.34. The van der Waals surface area contributed by atoms with Crippen LogP contribution in [0.25, 0.3) is 0 Å². The molecule has 0 aliphatic carbocycles. The van der Waals surface area contributed by atoms with Crippen LogP contribution in [0.4, 0.5) is 0 Å². The van der Waals surface area contributed by atoms with Crippen molar-refractivity contribution in [2.24, 2.45) is 0 Å². The van der Waals surface area contributed by atoms with Gasteiger partial charge in [0.2, 0.25) is 0 Å². The van der Waals surface area contributed by atoms with Crippen molar-refractivity contribution in [3.63, 3.8) is 0 Å². The fourth-order valence-corrected chi connectivity index (χ4v) is 3.12. The minimum Gasteiger partial charge on any atom is -0.350 e. The lowest BCUT2D eigenvalue weighted by Gasteiger charge is -2.13. The first kappa shape index (κ1) is 16.6. The number of aryl methyl sites for hydroxylation is 1. The van der Waals surface area contributed by atoms with E-state index >= 15 is 0 Å². The van der Waals surface area contributed by atoms with Gasteiger partial charge in [0.05, 0.1) is 10.7 Å². The molecule has 5 heteroatoms. The highest BCUT2D eigenvalue weighted by atomic mass is 32.1. The Balaban J connectivity index is 1.95. The van der Waals surface area contributed by atoms with E-state index in [9.17, 15) is 4.79 Å². The number of likely N-dealkylation sites (N-methyl/N-ethyl adjacent to an activating group) is 1. The molecule has 1 amide bonds. The highest BCUT2D eigenvalue weighted by Gasteiger charge is 2.15. The summed E-state index contributed by atoms with van der Waals surface area (Å²) in [4.78, 5) is 19.7. The number of benzene rings is 1. The van der Waals surface area contributed by atoms with Gasteiger partial charge in [0, 0.05) is 19.5 Å². The van der Waals surface area contributed by atoms with E-state index in [-0.39, 0.29) is 5.91 Å². The Morgan fingerprint density at radius 3 is 2.73 bits per heavy atom. The fraction of sp³-hybridized carbons (Fsp3) is 0.412. The third kappa shape index (κ3) is 4.64. The molecule has 0 aliphatic heterocycles. The first-order valence-corrected chi connectivity index (χ1v) is 8.38. The summed E-state index contributed by atoms with van der Waals surface area (Å²) in [7, 11) is 2.04. The van der Waals surface area contributed by atoms with E-state index in [1.165, 1.54) is 16.9 Å². The Morgan fingerprint density at radius 1 is 1.32 bits per heavy atom. The van der Waals surface area contributed by atoms with Crippen LogP contribution in [0.15, 0.2) is 30.3 Å². The second kappa shape index (κ2) is 8.06. The summed E-state index contributed by atoms with van der Waals surface area (Å²) in [6, 6.07) is 10.2. The summed E-state index contributed by atoms with van der Waals surface area (Å²) in [6.07, 6.45) is 0.776. The van der Waals surface area contributed by atoms with Gasteiger partial charge in [0.15, 0.2) is 0 Å². The number of hydrogen-bond acceptors (Lipinski definition) is 4. The van der Waals surface area contributed by atoms with Gasteiger partial charge in [0.25, 0.3) is 5.91 Å². The summed E-state index contributed by atoms with van der Waals surface area (Å²) in [5.74, 6) is -0.0150. The fourth-order valence-electron chi connectivity index (χ4n) is 2.11. The maximum Gasteiger partial charge on any atom is 0.263 e. The maximum absolute atomic E-state index is 12.2. The van der Waals surface area contributed by atoms with E-state index in [0.29, 0.717) is 6.54 Å². The van der Waals surface area contributed by atoms with E-state index in [1.807, 2.05) is 32.2 Å². The van der Waals surface area contributed by atoms with Crippen LogP contribution in [0, 0.1) is 6.92 Å². The Bertz CT molecular complexity index is 610. The molecule has 1 N–H and O–H groups in total. The monoisotopic (exact) mass is 317 g/mol. The van der Waals surface area contributed by atoms with Gasteiger partial charge in [-0.25, -0.2) is 4.98 Å². The number of nitrogens with one attached hydrogen (secondary N) is 1. The topological polar surface area (TPSA) is 45.2 Å². The van der Waals surface area contributed by atoms with Crippen LogP contribution < -0.4 is 5.32 Å². The molecular formula is C17H23N3OS. The number of hydrogen-bond donors (Lipinski definition) is 1. The Kier molecular flexibility index (Phi) is 6.10. The molecule has 0 spiro atoms. The quantitative estimate of drug-likeness (QED) is 0.854. The van der Waals surface area contributed by atoms with Crippen molar-refractivity contribution in [3.05, 3.63) is 51.5 Å². The van der Waals surface area contributed by atoms with E-state index in [2.05, 4.69) is 34.3 Å². The number of thiazole rings is 1. The third-order valence-electron chi connectivity index (χ3n) is 3.56. The Morgan fingerprint density at radius 2 is 2.05 bits per heavy atom. The van der Waals surface area contributed by atoms with Crippen molar-refractivity contribution in [1.82, 2.24) is 15.2 Å². The average molecular weight is 317 g/mol. The molecule has 4 nitrogen and oxygen atoms in total. The van der Waals surface area contributed by atoms with Gasteiger partial charge in [-0.05, 0) is 26.1 Å². The predicted molar refractivity (Wildman–Crippen MR) is 91.6 cm³/mol. The molecule has 0 fully saturated rings. The molecular weight excluding hydrogens is 294 g/mol. The van der Waals surface area contributed by atoms with Gasteiger partial charge >= 0.3 is 0 Å². The van der Waals surface area contributed by atoms with Crippen LogP contribution in [-0.2, 0) is 6.42 Å². The van der Waals surface area contributed by atoms with E-state index < -0.39 is 0 Å². The number of amides is 1. The molecule has 0 saturated carbocycles. The van der Waals surface area contributed by atoms with Crippen molar-refractivity contribution < 1.29 is 4.79 Å². The number of aromatic nitrogens is 1. The van der Waals surface area contributed by atoms with Gasteiger partial charge in [-0.3, -0.25) is 4.79 Å². The van der Waals surface area contributed by atoms with Crippen LogP contribution in [0.5, 0.6) is 0 Å². The maximum atomic E-state index is 12.2. The summed E-state index contributed by atoms with van der Waals surface area (Å²) in [5, 5.41) is 3.96. The van der Waals surface area contributed by atoms with E-state index in [0.717, 1.165) is 35.1 Å². The van der Waals surface area contributed by atoms with Gasteiger partial charge in [-0.15, -0.1) is 11.3 Å². The molecule has 1 aromatic heterocycles. The minimum atomic E-state index is -0.0150. The minimum absolute atomic E-state index is 0.0150. The first-order valence-electron chi connectivity index (χ1n) is 7.57. The standard InChI is InChI=1S/C17H23N3OS/c1-4-20(3)11-10-18-17(21)16-13(2)19-15(22-16)12-14-8-6-5-7-9-14/h5-9H,4,10-12H2,1-3H3,(H,18,21). The SMILES string of the molecule is CCN(C)CCNC(=O)c1sc(Cc2ccccc2)nc1C. The second-order valence-corrected chi connectivity index (χ2v) is 6.42. The zero-order valence-electron chi connectivity index (χ0n) is 13.4. The normalized spacial score (nSPS) is 10.9. The molecule has 0 unspecified atom stereocenters. The predicted octanol–water partition coefficient (Wildman–Crippen LogP) is 2.72. The summed E-state index contributed by atoms with van der Waals surface area (Å²) < 4.78 is 0. The van der Waals surface area contributed by atoms with Crippen molar-refractivity contribution in [3.8, 4) is 0 Å². The lowest BCUT2D eigenvalue weighted by molar-refractivity contribution is 0.0953. The van der Waals surface area contributed by atoms with Gasteiger partial charge in [-0.1, -0.05) is 37.3 Å². The lowest BCUT2D eigenvalue weighted by atomic mass is 10.2. The van der Waals surface area contributed by atoms with Gasteiger partial charge in [-0.2, -0.15) is 0 Å². The smallest absolute Gasteiger partial charge is 0.263 e. The Labute approximate surface area is 136 Å². The number of carbonyl (C=O) groups is 1. The van der Waals surface area contributed by atoms with Crippen molar-refractivity contribution in [1.29, 1.82) is 0 Å². The molecule has 2 rings (SSSR count). The largest absolute Gasteiger partial charge is 0.350 e. The Hall–Kier alpha value is -1.72. The zero-order valence-corrected chi connectivity index (χ0v) is 14.2. The number of rotatable bonds is 7. The van der Waals surface area contributed by atoms with Crippen LogP contribution >= 0.6 is 11.3 Å². The molecule has 0 saturated heterocycles. The highest BCUT2D eigenvalue weighted by molar-refractivity contribution is 7.13.